The Bertz CT molecular complexity index is 1220. The minimum absolute atomic E-state index is 0.250. The standard InChI is InChI=1S/C21H21ClN4O3S/c1-14-7-6-8-15(2)20(14)26(30(3,28)29)13-19(27)25-23-12-17-11-16-9-4-5-10-18(16)24-21(17)22/h4-12H,13H2,1-3H3,(H,25,27). The van der Waals surface area contributed by atoms with Crippen LogP contribution in [0.25, 0.3) is 10.9 Å². The molecule has 0 radical (unpaired) electrons. The van der Waals surface area contributed by atoms with E-state index < -0.39 is 22.5 Å². The molecule has 0 aliphatic carbocycles. The molecule has 1 amide bonds. The van der Waals surface area contributed by atoms with Crippen LogP contribution in [0.15, 0.2) is 53.6 Å². The lowest BCUT2D eigenvalue weighted by atomic mass is 10.1. The Morgan fingerprint density at radius 1 is 1.17 bits per heavy atom. The third-order valence-electron chi connectivity index (χ3n) is 4.47. The van der Waals surface area contributed by atoms with Crippen molar-refractivity contribution in [3.63, 3.8) is 0 Å². The van der Waals surface area contributed by atoms with Gasteiger partial charge in [0.05, 0.1) is 23.7 Å². The lowest BCUT2D eigenvalue weighted by Crippen LogP contribution is -2.39. The van der Waals surface area contributed by atoms with E-state index in [2.05, 4.69) is 15.5 Å². The van der Waals surface area contributed by atoms with Crippen LogP contribution in [-0.4, -0.2) is 38.3 Å². The minimum Gasteiger partial charge on any atom is -0.271 e. The SMILES string of the molecule is Cc1cccc(C)c1N(CC(=O)NN=Cc1cc2ccccc2nc1Cl)S(C)(=O)=O. The monoisotopic (exact) mass is 444 g/mol. The normalized spacial score (nSPS) is 11.7. The van der Waals surface area contributed by atoms with E-state index in [0.29, 0.717) is 11.3 Å². The number of hydrogen-bond acceptors (Lipinski definition) is 5. The van der Waals surface area contributed by atoms with E-state index in [0.717, 1.165) is 32.6 Å². The number of anilines is 1. The Balaban J connectivity index is 1.78. The molecule has 0 saturated heterocycles. The molecule has 0 aliphatic rings. The number of carbonyl (C=O) groups is 1. The van der Waals surface area contributed by atoms with E-state index in [1.807, 2.05) is 30.3 Å². The first-order valence-electron chi connectivity index (χ1n) is 9.08. The summed E-state index contributed by atoms with van der Waals surface area (Å²) < 4.78 is 25.7. The number of rotatable bonds is 6. The molecule has 1 aromatic heterocycles. The van der Waals surface area contributed by atoms with E-state index in [-0.39, 0.29) is 5.15 Å². The quantitative estimate of drug-likeness (QED) is 0.358. The summed E-state index contributed by atoms with van der Waals surface area (Å²) in [5.74, 6) is -0.579. The number of halogens is 1. The summed E-state index contributed by atoms with van der Waals surface area (Å²) in [6.45, 7) is 3.20. The van der Waals surface area contributed by atoms with Crippen LogP contribution in [-0.2, 0) is 14.8 Å². The number of aromatic nitrogens is 1. The van der Waals surface area contributed by atoms with E-state index in [4.69, 9.17) is 11.6 Å². The zero-order valence-electron chi connectivity index (χ0n) is 16.8. The number of aryl methyl sites for hydroxylation is 2. The highest BCUT2D eigenvalue weighted by molar-refractivity contribution is 7.92. The Labute approximate surface area is 180 Å². The number of hydrogen-bond donors (Lipinski definition) is 1. The Morgan fingerprint density at radius 2 is 1.83 bits per heavy atom. The average molecular weight is 445 g/mol. The fraction of sp³-hybridized carbons (Fsp3) is 0.190. The van der Waals surface area contributed by atoms with Crippen LogP contribution in [0.1, 0.15) is 16.7 Å². The zero-order valence-corrected chi connectivity index (χ0v) is 18.3. The number of sulfonamides is 1. The Hall–Kier alpha value is -2.97. The molecule has 9 heteroatoms. The van der Waals surface area contributed by atoms with Gasteiger partial charge in [-0.15, -0.1) is 0 Å². The number of benzene rings is 2. The van der Waals surface area contributed by atoms with Crippen molar-refractivity contribution in [1.29, 1.82) is 0 Å². The van der Waals surface area contributed by atoms with Crippen molar-refractivity contribution >= 4 is 50.3 Å². The number of fused-ring (bicyclic) bond motifs is 1. The lowest BCUT2D eigenvalue weighted by molar-refractivity contribution is -0.119. The molecule has 156 valence electrons. The molecule has 0 atom stereocenters. The third-order valence-corrected chi connectivity index (χ3v) is 5.89. The average Bonchev–Trinajstić information content (AvgIpc) is 2.66. The topological polar surface area (TPSA) is 91.7 Å². The summed E-state index contributed by atoms with van der Waals surface area (Å²) in [4.78, 5) is 16.7. The van der Waals surface area contributed by atoms with Crippen molar-refractivity contribution in [2.75, 3.05) is 17.1 Å². The maximum absolute atomic E-state index is 12.4. The highest BCUT2D eigenvalue weighted by Crippen LogP contribution is 2.26. The molecule has 0 bridgehead atoms. The van der Waals surface area contributed by atoms with Crippen LogP contribution in [0.5, 0.6) is 0 Å². The highest BCUT2D eigenvalue weighted by atomic mass is 35.5. The summed E-state index contributed by atoms with van der Waals surface area (Å²) in [7, 11) is -3.68. The largest absolute Gasteiger partial charge is 0.271 e. The van der Waals surface area contributed by atoms with Crippen molar-refractivity contribution in [2.45, 2.75) is 13.8 Å². The van der Waals surface area contributed by atoms with Crippen LogP contribution in [0.4, 0.5) is 5.69 Å². The lowest BCUT2D eigenvalue weighted by Gasteiger charge is -2.25. The molecule has 1 heterocycles. The molecule has 2 aromatic carbocycles. The van der Waals surface area contributed by atoms with Gasteiger partial charge in [-0.05, 0) is 37.1 Å². The first-order chi connectivity index (χ1) is 14.2. The predicted octanol–water partition coefficient (Wildman–Crippen LogP) is 3.42. The molecule has 3 aromatic rings. The third kappa shape index (κ3) is 4.95. The second-order valence-corrected chi connectivity index (χ2v) is 9.13. The fourth-order valence-corrected chi connectivity index (χ4v) is 4.27. The van der Waals surface area contributed by atoms with Crippen molar-refractivity contribution in [2.24, 2.45) is 5.10 Å². The minimum atomic E-state index is -3.68. The predicted molar refractivity (Wildman–Crippen MR) is 121 cm³/mol. The van der Waals surface area contributed by atoms with Gasteiger partial charge in [-0.1, -0.05) is 48.0 Å². The Morgan fingerprint density at radius 3 is 2.50 bits per heavy atom. The first kappa shape index (κ1) is 21.7. The molecular formula is C21H21ClN4O3S. The number of para-hydroxylation sites is 2. The number of pyridine rings is 1. The van der Waals surface area contributed by atoms with Gasteiger partial charge >= 0.3 is 0 Å². The molecule has 30 heavy (non-hydrogen) atoms. The second kappa shape index (κ2) is 8.81. The van der Waals surface area contributed by atoms with E-state index in [1.54, 1.807) is 32.0 Å². The molecule has 0 unspecified atom stereocenters. The number of nitrogens with zero attached hydrogens (tertiary/aromatic N) is 3. The van der Waals surface area contributed by atoms with Crippen molar-refractivity contribution < 1.29 is 13.2 Å². The summed E-state index contributed by atoms with van der Waals surface area (Å²) in [5, 5.41) is 5.04. The number of nitrogens with one attached hydrogen (secondary N) is 1. The van der Waals surface area contributed by atoms with Gasteiger partial charge in [0.15, 0.2) is 0 Å². The Kier molecular flexibility index (Phi) is 6.38. The maximum atomic E-state index is 12.4. The summed E-state index contributed by atoms with van der Waals surface area (Å²) >= 11 is 6.17. The molecule has 0 fully saturated rings. The highest BCUT2D eigenvalue weighted by Gasteiger charge is 2.23. The van der Waals surface area contributed by atoms with Gasteiger partial charge in [0.2, 0.25) is 10.0 Å². The molecule has 0 aliphatic heterocycles. The van der Waals surface area contributed by atoms with Gasteiger partial charge in [-0.3, -0.25) is 9.10 Å². The van der Waals surface area contributed by atoms with Gasteiger partial charge in [0, 0.05) is 10.9 Å². The summed E-state index contributed by atoms with van der Waals surface area (Å²) in [6.07, 6.45) is 2.44. The molecule has 0 spiro atoms. The first-order valence-corrected chi connectivity index (χ1v) is 11.3. The molecule has 3 rings (SSSR count). The van der Waals surface area contributed by atoms with E-state index in [1.165, 1.54) is 6.21 Å². The summed E-state index contributed by atoms with van der Waals surface area (Å²) in [5.41, 5.74) is 5.64. The molecule has 1 N–H and O–H groups in total. The van der Waals surface area contributed by atoms with Crippen LogP contribution in [0.3, 0.4) is 0 Å². The van der Waals surface area contributed by atoms with Gasteiger partial charge in [-0.2, -0.15) is 5.10 Å². The van der Waals surface area contributed by atoms with Crippen LogP contribution in [0.2, 0.25) is 5.15 Å². The van der Waals surface area contributed by atoms with Gasteiger partial charge < -0.3 is 0 Å². The molecule has 7 nitrogen and oxygen atoms in total. The van der Waals surface area contributed by atoms with Crippen LogP contribution < -0.4 is 9.73 Å². The maximum Gasteiger partial charge on any atom is 0.260 e. The van der Waals surface area contributed by atoms with Gasteiger partial charge in [0.1, 0.15) is 11.7 Å². The summed E-state index contributed by atoms with van der Waals surface area (Å²) in [6, 6.07) is 14.7. The number of carbonyl (C=O) groups excluding carboxylic acids is 1. The van der Waals surface area contributed by atoms with E-state index in [9.17, 15) is 13.2 Å². The fourth-order valence-electron chi connectivity index (χ4n) is 3.10. The van der Waals surface area contributed by atoms with E-state index >= 15 is 0 Å². The van der Waals surface area contributed by atoms with Crippen molar-refractivity contribution in [3.8, 4) is 0 Å². The van der Waals surface area contributed by atoms with Gasteiger partial charge in [-0.25, -0.2) is 18.8 Å². The second-order valence-electron chi connectivity index (χ2n) is 6.86. The van der Waals surface area contributed by atoms with Gasteiger partial charge in [0.25, 0.3) is 5.91 Å². The number of amides is 1. The van der Waals surface area contributed by atoms with Crippen LogP contribution in [0, 0.1) is 13.8 Å². The smallest absolute Gasteiger partial charge is 0.260 e. The zero-order chi connectivity index (χ0) is 21.9. The number of hydrazone groups is 1. The van der Waals surface area contributed by atoms with Crippen molar-refractivity contribution in [3.05, 3.63) is 70.4 Å². The van der Waals surface area contributed by atoms with Crippen molar-refractivity contribution in [1.82, 2.24) is 10.4 Å². The molecular weight excluding hydrogens is 424 g/mol. The van der Waals surface area contributed by atoms with Crippen LogP contribution >= 0.6 is 11.6 Å². The molecule has 0 saturated carbocycles.